The number of fused-ring (bicyclic) bond motifs is 9. The van der Waals surface area contributed by atoms with Crippen LogP contribution in [0.1, 0.15) is 0 Å². The molecule has 2 heteroatoms. The Balaban J connectivity index is 1.59. The van der Waals surface area contributed by atoms with Gasteiger partial charge in [-0.1, -0.05) is 115 Å². The van der Waals surface area contributed by atoms with Crippen molar-refractivity contribution in [3.63, 3.8) is 0 Å². The molecule has 0 N–H and O–H groups in total. The molecule has 2 aromatic heterocycles. The summed E-state index contributed by atoms with van der Waals surface area (Å²) in [6.07, 6.45) is 0. The van der Waals surface area contributed by atoms with E-state index in [0.29, 0.717) is 0 Å². The Bertz CT molecular complexity index is 2420. The first-order valence-corrected chi connectivity index (χ1v) is 14.8. The molecule has 0 saturated heterocycles. The van der Waals surface area contributed by atoms with Crippen LogP contribution in [0, 0.1) is 0 Å². The molecule has 0 spiro atoms. The van der Waals surface area contributed by atoms with Crippen molar-refractivity contribution in [2.45, 2.75) is 0 Å². The lowest BCUT2D eigenvalue weighted by Crippen LogP contribution is -1.92. The first-order chi connectivity index (χ1) is 20.3. The van der Waals surface area contributed by atoms with Crippen molar-refractivity contribution in [2.24, 2.45) is 0 Å². The molecule has 9 rings (SSSR count). The quantitative estimate of drug-likeness (QED) is 0.158. The van der Waals surface area contributed by atoms with Crippen LogP contribution in [-0.2, 0) is 0 Å². The molecule has 0 atom stereocenters. The Morgan fingerprint density at radius 1 is 0.463 bits per heavy atom. The molecule has 1 nitrogen and oxygen atoms in total. The van der Waals surface area contributed by atoms with Crippen LogP contribution in [0.25, 0.3) is 85.8 Å². The van der Waals surface area contributed by atoms with Crippen LogP contribution in [0.5, 0.6) is 0 Å². The maximum absolute atomic E-state index is 5.31. The fraction of sp³-hybridized carbons (Fsp3) is 0. The topological polar surface area (TPSA) is 12.9 Å². The van der Waals surface area contributed by atoms with Gasteiger partial charge >= 0.3 is 0 Å². The number of hydrogen-bond acceptors (Lipinski definition) is 2. The van der Waals surface area contributed by atoms with Gasteiger partial charge in [0, 0.05) is 47.5 Å². The largest absolute Gasteiger partial charge is 0.247 e. The monoisotopic (exact) mass is 537 g/mol. The standard InChI is InChI=1S/C39H23NS/c1-2-12-24(13-3-1)38-31-23-32(35-27-16-6-4-14-25(27)22-26-15-5-7-17-28(26)35)39-37(30-19-9-11-21-34(30)41-39)36(31)29-18-8-10-20-33(29)40-38/h1-23H. The summed E-state index contributed by atoms with van der Waals surface area (Å²) in [4.78, 5) is 5.31. The van der Waals surface area contributed by atoms with Crippen molar-refractivity contribution in [3.05, 3.63) is 140 Å². The minimum atomic E-state index is 1.03. The highest BCUT2D eigenvalue weighted by molar-refractivity contribution is 7.26. The van der Waals surface area contributed by atoms with Crippen molar-refractivity contribution < 1.29 is 0 Å². The number of pyridine rings is 1. The Kier molecular flexibility index (Phi) is 4.84. The van der Waals surface area contributed by atoms with Crippen molar-refractivity contribution in [3.8, 4) is 22.4 Å². The number of para-hydroxylation sites is 1. The van der Waals surface area contributed by atoms with Gasteiger partial charge in [-0.3, -0.25) is 0 Å². The lowest BCUT2D eigenvalue weighted by atomic mass is 9.88. The molecule has 9 aromatic rings. The first kappa shape index (κ1) is 22.7. The van der Waals surface area contributed by atoms with Crippen LogP contribution >= 0.6 is 11.3 Å². The molecule has 0 aliphatic carbocycles. The summed E-state index contributed by atoms with van der Waals surface area (Å²) in [6.45, 7) is 0. The van der Waals surface area contributed by atoms with E-state index in [4.69, 9.17) is 4.98 Å². The molecule has 0 unspecified atom stereocenters. The van der Waals surface area contributed by atoms with Crippen LogP contribution in [-0.4, -0.2) is 4.98 Å². The number of aromatic nitrogens is 1. The smallest absolute Gasteiger partial charge is 0.0788 e. The van der Waals surface area contributed by atoms with E-state index in [0.717, 1.165) is 16.8 Å². The van der Waals surface area contributed by atoms with Gasteiger partial charge in [0.15, 0.2) is 0 Å². The van der Waals surface area contributed by atoms with Gasteiger partial charge in [0.1, 0.15) is 0 Å². The minimum Gasteiger partial charge on any atom is -0.247 e. The Morgan fingerprint density at radius 2 is 1.07 bits per heavy atom. The highest BCUT2D eigenvalue weighted by atomic mass is 32.1. The maximum Gasteiger partial charge on any atom is 0.0788 e. The third kappa shape index (κ3) is 3.32. The molecule has 190 valence electrons. The van der Waals surface area contributed by atoms with Gasteiger partial charge < -0.3 is 0 Å². The molecule has 41 heavy (non-hydrogen) atoms. The van der Waals surface area contributed by atoms with Crippen LogP contribution in [0.3, 0.4) is 0 Å². The predicted octanol–water partition coefficient (Wildman–Crippen LogP) is 11.4. The zero-order valence-corrected chi connectivity index (χ0v) is 23.0. The van der Waals surface area contributed by atoms with Gasteiger partial charge in [-0.2, -0.15) is 0 Å². The van der Waals surface area contributed by atoms with Crippen molar-refractivity contribution >= 4 is 74.7 Å². The average molecular weight is 538 g/mol. The van der Waals surface area contributed by atoms with E-state index in [1.54, 1.807) is 0 Å². The predicted molar refractivity (Wildman–Crippen MR) is 178 cm³/mol. The van der Waals surface area contributed by atoms with E-state index in [1.807, 2.05) is 11.3 Å². The Hall–Kier alpha value is -5.05. The molecule has 0 fully saturated rings. The molecule has 0 aliphatic heterocycles. The fourth-order valence-corrected chi connectivity index (χ4v) is 7.87. The number of benzene rings is 7. The van der Waals surface area contributed by atoms with Gasteiger partial charge in [0.2, 0.25) is 0 Å². The number of rotatable bonds is 2. The molecule has 0 aliphatic rings. The van der Waals surface area contributed by atoms with E-state index in [2.05, 4.69) is 140 Å². The molecule has 2 heterocycles. The zero-order valence-electron chi connectivity index (χ0n) is 22.1. The van der Waals surface area contributed by atoms with E-state index in [9.17, 15) is 0 Å². The van der Waals surface area contributed by atoms with Crippen molar-refractivity contribution in [2.75, 3.05) is 0 Å². The minimum absolute atomic E-state index is 1.03. The second kappa shape index (κ2) is 8.72. The molecule has 0 radical (unpaired) electrons. The van der Waals surface area contributed by atoms with Crippen molar-refractivity contribution in [1.29, 1.82) is 0 Å². The summed E-state index contributed by atoms with van der Waals surface area (Å²) < 4.78 is 2.64. The second-order valence-corrected chi connectivity index (χ2v) is 11.7. The second-order valence-electron chi connectivity index (χ2n) is 10.7. The van der Waals surface area contributed by atoms with Crippen LogP contribution in [0.2, 0.25) is 0 Å². The van der Waals surface area contributed by atoms with Crippen molar-refractivity contribution in [1.82, 2.24) is 4.98 Å². The summed E-state index contributed by atoms with van der Waals surface area (Å²) >= 11 is 1.90. The maximum atomic E-state index is 5.31. The highest BCUT2D eigenvalue weighted by Gasteiger charge is 2.22. The summed E-state index contributed by atoms with van der Waals surface area (Å²) in [5.74, 6) is 0. The fourth-order valence-electron chi connectivity index (χ4n) is 6.64. The van der Waals surface area contributed by atoms with Gasteiger partial charge in [-0.25, -0.2) is 4.98 Å². The van der Waals surface area contributed by atoms with Gasteiger partial charge in [0.05, 0.1) is 11.2 Å². The van der Waals surface area contributed by atoms with E-state index in [1.165, 1.54) is 69.0 Å². The highest BCUT2D eigenvalue weighted by Crippen LogP contribution is 2.50. The van der Waals surface area contributed by atoms with Crippen LogP contribution in [0.4, 0.5) is 0 Å². The summed E-state index contributed by atoms with van der Waals surface area (Å²) in [6, 6.07) is 50.5. The van der Waals surface area contributed by atoms with E-state index < -0.39 is 0 Å². The summed E-state index contributed by atoms with van der Waals surface area (Å²) in [5.41, 5.74) is 5.76. The Labute approximate surface area is 240 Å². The average Bonchev–Trinajstić information content (AvgIpc) is 3.43. The van der Waals surface area contributed by atoms with Gasteiger partial charge in [0.25, 0.3) is 0 Å². The molecule has 7 aromatic carbocycles. The number of thiophene rings is 1. The third-order valence-electron chi connectivity index (χ3n) is 8.40. The molecule has 0 saturated carbocycles. The van der Waals surface area contributed by atoms with Gasteiger partial charge in [-0.15, -0.1) is 11.3 Å². The molecule has 0 bridgehead atoms. The summed E-state index contributed by atoms with van der Waals surface area (Å²) in [5, 5.41) is 11.4. The first-order valence-electron chi connectivity index (χ1n) is 14.0. The Morgan fingerprint density at radius 3 is 1.83 bits per heavy atom. The SMILES string of the molecule is c1ccc(-c2nc3ccccc3c3c2cc(-c2c4ccccc4cc4ccccc24)c2sc4ccccc4c23)cc1. The van der Waals surface area contributed by atoms with E-state index in [-0.39, 0.29) is 0 Å². The third-order valence-corrected chi connectivity index (χ3v) is 9.60. The van der Waals surface area contributed by atoms with Crippen LogP contribution < -0.4 is 0 Å². The lowest BCUT2D eigenvalue weighted by Gasteiger charge is -2.17. The lowest BCUT2D eigenvalue weighted by molar-refractivity contribution is 1.43. The molecular weight excluding hydrogens is 515 g/mol. The van der Waals surface area contributed by atoms with Crippen LogP contribution in [0.15, 0.2) is 140 Å². The number of nitrogens with zero attached hydrogens (tertiary/aromatic N) is 1. The van der Waals surface area contributed by atoms with Gasteiger partial charge in [-0.05, 0) is 51.4 Å². The molecular formula is C39H23NS. The van der Waals surface area contributed by atoms with E-state index >= 15 is 0 Å². The molecule has 0 amide bonds. The number of hydrogen-bond donors (Lipinski definition) is 0. The zero-order chi connectivity index (χ0) is 26.9. The summed E-state index contributed by atoms with van der Waals surface area (Å²) in [7, 11) is 0. The normalized spacial score (nSPS) is 11.9.